The van der Waals surface area contributed by atoms with Crippen molar-refractivity contribution in [3.8, 4) is 11.8 Å². The Kier molecular flexibility index (Phi) is 2.78. The first-order chi connectivity index (χ1) is 5.72. The van der Waals surface area contributed by atoms with E-state index in [2.05, 4.69) is 21.8 Å². The number of rotatable bonds is 0. The summed E-state index contributed by atoms with van der Waals surface area (Å²) in [4.78, 5) is 8.15. The highest BCUT2D eigenvalue weighted by atomic mass is 16.2. The van der Waals surface area contributed by atoms with E-state index in [0.717, 1.165) is 11.4 Å². The lowest BCUT2D eigenvalue weighted by atomic mass is 10.3. The van der Waals surface area contributed by atoms with E-state index in [4.69, 9.17) is 5.11 Å². The lowest BCUT2D eigenvalue weighted by Gasteiger charge is -1.95. The van der Waals surface area contributed by atoms with Gasteiger partial charge in [-0.2, -0.15) is 0 Å². The number of hydrogen-bond acceptors (Lipinski definition) is 3. The van der Waals surface area contributed by atoms with E-state index in [0.29, 0.717) is 5.82 Å². The molecule has 0 aliphatic rings. The molecule has 0 aliphatic heterocycles. The van der Waals surface area contributed by atoms with Gasteiger partial charge in [0.15, 0.2) is 0 Å². The smallest absolute Gasteiger partial charge is 0.205 e. The Morgan fingerprint density at radius 3 is 2.42 bits per heavy atom. The molecule has 0 aliphatic carbocycles. The first-order valence-corrected chi connectivity index (χ1v) is 3.64. The molecule has 1 heterocycles. The quantitative estimate of drug-likeness (QED) is 0.563. The van der Waals surface area contributed by atoms with Crippen LogP contribution in [0.4, 0.5) is 0 Å². The van der Waals surface area contributed by atoms with Crippen molar-refractivity contribution in [2.24, 2.45) is 0 Å². The summed E-state index contributed by atoms with van der Waals surface area (Å²) in [5.41, 5.74) is 1.79. The van der Waals surface area contributed by atoms with Crippen LogP contribution < -0.4 is 0 Å². The largest absolute Gasteiger partial charge is 0.384 e. The van der Waals surface area contributed by atoms with E-state index in [-0.39, 0.29) is 6.61 Å². The SMILES string of the molecule is Cc1cc(C)nc(C#CCO)n1. The highest BCUT2D eigenvalue weighted by Gasteiger charge is 1.93. The highest BCUT2D eigenvalue weighted by molar-refractivity contribution is 5.23. The van der Waals surface area contributed by atoms with Crippen LogP contribution in [0.25, 0.3) is 0 Å². The number of aliphatic hydroxyl groups is 1. The van der Waals surface area contributed by atoms with Gasteiger partial charge >= 0.3 is 0 Å². The summed E-state index contributed by atoms with van der Waals surface area (Å²) >= 11 is 0. The van der Waals surface area contributed by atoms with Gasteiger partial charge in [0.25, 0.3) is 0 Å². The van der Waals surface area contributed by atoms with Crippen molar-refractivity contribution >= 4 is 0 Å². The third-order valence-electron chi connectivity index (χ3n) is 1.26. The minimum absolute atomic E-state index is 0.156. The van der Waals surface area contributed by atoms with E-state index in [1.54, 1.807) is 0 Å². The van der Waals surface area contributed by atoms with E-state index < -0.39 is 0 Å². The average molecular weight is 162 g/mol. The molecule has 3 nitrogen and oxygen atoms in total. The van der Waals surface area contributed by atoms with Crippen LogP contribution >= 0.6 is 0 Å². The summed E-state index contributed by atoms with van der Waals surface area (Å²) in [5, 5.41) is 8.44. The molecule has 0 fully saturated rings. The molecule has 0 unspecified atom stereocenters. The van der Waals surface area contributed by atoms with E-state index in [1.807, 2.05) is 19.9 Å². The van der Waals surface area contributed by atoms with Gasteiger partial charge in [-0.1, -0.05) is 5.92 Å². The average Bonchev–Trinajstić information content (AvgIpc) is 1.99. The highest BCUT2D eigenvalue weighted by Crippen LogP contribution is 1.97. The maximum absolute atomic E-state index is 8.44. The minimum atomic E-state index is -0.156. The molecule has 1 aromatic heterocycles. The third-order valence-corrected chi connectivity index (χ3v) is 1.26. The lowest BCUT2D eigenvalue weighted by Crippen LogP contribution is -1.94. The molecular formula is C9H10N2O. The molecule has 0 saturated carbocycles. The maximum Gasteiger partial charge on any atom is 0.205 e. The number of aryl methyl sites for hydroxylation is 2. The van der Waals surface area contributed by atoms with E-state index in [1.165, 1.54) is 0 Å². The first kappa shape index (κ1) is 8.69. The van der Waals surface area contributed by atoms with Gasteiger partial charge in [-0.25, -0.2) is 9.97 Å². The number of aromatic nitrogens is 2. The van der Waals surface area contributed by atoms with Gasteiger partial charge in [0.1, 0.15) is 6.61 Å². The fourth-order valence-electron chi connectivity index (χ4n) is 0.900. The molecule has 1 rings (SSSR count). The van der Waals surface area contributed by atoms with Gasteiger partial charge in [0.2, 0.25) is 5.82 Å². The van der Waals surface area contributed by atoms with Crippen molar-refractivity contribution in [1.82, 2.24) is 9.97 Å². The standard InChI is InChI=1S/C9H10N2O/c1-7-6-8(2)11-9(10-7)4-3-5-12/h6,12H,5H2,1-2H3. The molecule has 12 heavy (non-hydrogen) atoms. The zero-order chi connectivity index (χ0) is 8.97. The van der Waals surface area contributed by atoms with Crippen LogP contribution in [0.2, 0.25) is 0 Å². The van der Waals surface area contributed by atoms with Crippen molar-refractivity contribution in [2.45, 2.75) is 13.8 Å². The molecule has 0 spiro atoms. The molecule has 0 radical (unpaired) electrons. The summed E-state index contributed by atoms with van der Waals surface area (Å²) in [6.07, 6.45) is 0. The van der Waals surface area contributed by atoms with Gasteiger partial charge in [-0.05, 0) is 25.8 Å². The topological polar surface area (TPSA) is 46.0 Å². The van der Waals surface area contributed by atoms with Gasteiger partial charge in [-0.3, -0.25) is 0 Å². The second-order valence-electron chi connectivity index (χ2n) is 2.43. The Labute approximate surface area is 71.5 Å². The van der Waals surface area contributed by atoms with Crippen LogP contribution in [-0.4, -0.2) is 21.7 Å². The van der Waals surface area contributed by atoms with Crippen molar-refractivity contribution in [2.75, 3.05) is 6.61 Å². The zero-order valence-electron chi connectivity index (χ0n) is 7.13. The fourth-order valence-corrected chi connectivity index (χ4v) is 0.900. The Balaban J connectivity index is 3.01. The normalized spacial score (nSPS) is 8.92. The summed E-state index contributed by atoms with van der Waals surface area (Å²) < 4.78 is 0. The zero-order valence-corrected chi connectivity index (χ0v) is 7.13. The Morgan fingerprint density at radius 2 is 1.92 bits per heavy atom. The van der Waals surface area contributed by atoms with Gasteiger partial charge in [-0.15, -0.1) is 0 Å². The first-order valence-electron chi connectivity index (χ1n) is 3.64. The van der Waals surface area contributed by atoms with Crippen LogP contribution in [0.3, 0.4) is 0 Å². The predicted octanol–water partition coefficient (Wildman–Crippen LogP) is 0.437. The molecule has 0 amide bonds. The van der Waals surface area contributed by atoms with Crippen molar-refractivity contribution in [3.05, 3.63) is 23.3 Å². The Bertz CT molecular complexity index is 316. The molecule has 0 bridgehead atoms. The second-order valence-corrected chi connectivity index (χ2v) is 2.43. The Morgan fingerprint density at radius 1 is 1.33 bits per heavy atom. The molecular weight excluding hydrogens is 152 g/mol. The molecule has 1 N–H and O–H groups in total. The van der Waals surface area contributed by atoms with Crippen LogP contribution in [0, 0.1) is 25.7 Å². The van der Waals surface area contributed by atoms with Crippen molar-refractivity contribution in [1.29, 1.82) is 0 Å². The second kappa shape index (κ2) is 3.84. The van der Waals surface area contributed by atoms with Crippen LogP contribution in [0.1, 0.15) is 17.2 Å². The van der Waals surface area contributed by atoms with Gasteiger partial charge in [0, 0.05) is 11.4 Å². The van der Waals surface area contributed by atoms with Gasteiger partial charge in [0.05, 0.1) is 0 Å². The van der Waals surface area contributed by atoms with Crippen molar-refractivity contribution < 1.29 is 5.11 Å². The summed E-state index contributed by atoms with van der Waals surface area (Å²) in [5.74, 6) is 5.63. The maximum atomic E-state index is 8.44. The Hall–Kier alpha value is -1.40. The molecule has 1 aromatic rings. The van der Waals surface area contributed by atoms with Gasteiger partial charge < -0.3 is 5.11 Å². The van der Waals surface area contributed by atoms with E-state index in [9.17, 15) is 0 Å². The van der Waals surface area contributed by atoms with Crippen LogP contribution in [-0.2, 0) is 0 Å². The number of aliphatic hydroxyl groups excluding tert-OH is 1. The molecule has 0 aromatic carbocycles. The monoisotopic (exact) mass is 162 g/mol. The predicted molar refractivity (Wildman–Crippen MR) is 45.5 cm³/mol. The fraction of sp³-hybridized carbons (Fsp3) is 0.333. The minimum Gasteiger partial charge on any atom is -0.384 e. The van der Waals surface area contributed by atoms with Crippen molar-refractivity contribution in [3.63, 3.8) is 0 Å². The number of nitrogens with zero attached hydrogens (tertiary/aromatic N) is 2. The summed E-state index contributed by atoms with van der Waals surface area (Å²) in [6, 6.07) is 1.88. The summed E-state index contributed by atoms with van der Waals surface area (Å²) in [6.45, 7) is 3.62. The molecule has 3 heteroatoms. The lowest BCUT2D eigenvalue weighted by molar-refractivity contribution is 0.350. The summed E-state index contributed by atoms with van der Waals surface area (Å²) in [7, 11) is 0. The molecule has 0 atom stereocenters. The molecule has 62 valence electrons. The number of hydrogen-bond donors (Lipinski definition) is 1. The molecule has 0 saturated heterocycles. The van der Waals surface area contributed by atoms with Crippen LogP contribution in [0.5, 0.6) is 0 Å². The van der Waals surface area contributed by atoms with Crippen LogP contribution in [0.15, 0.2) is 6.07 Å². The van der Waals surface area contributed by atoms with E-state index >= 15 is 0 Å². The third kappa shape index (κ3) is 2.33.